The van der Waals surface area contributed by atoms with Gasteiger partial charge in [0.25, 0.3) is 0 Å². The molecule has 0 unspecified atom stereocenters. The molecule has 1 amide bonds. The number of nitrogens with one attached hydrogen (secondary N) is 1. The summed E-state index contributed by atoms with van der Waals surface area (Å²) in [6.07, 6.45) is 5.79. The third-order valence-corrected chi connectivity index (χ3v) is 8.76. The monoisotopic (exact) mass is 579 g/mol. The molecule has 228 valence electrons. The summed E-state index contributed by atoms with van der Waals surface area (Å²) in [5.41, 5.74) is 3.85. The zero-order valence-corrected chi connectivity index (χ0v) is 24.5. The summed E-state index contributed by atoms with van der Waals surface area (Å²) >= 11 is 0. The average molecular weight is 580 g/mol. The Bertz CT molecular complexity index is 1150. The molecule has 2 aromatic rings. The van der Waals surface area contributed by atoms with Crippen LogP contribution in [0.2, 0.25) is 0 Å². The van der Waals surface area contributed by atoms with Crippen LogP contribution in [0.25, 0.3) is 0 Å². The lowest BCUT2D eigenvalue weighted by Gasteiger charge is -2.39. The van der Waals surface area contributed by atoms with Crippen molar-refractivity contribution in [3.05, 3.63) is 70.8 Å². The Morgan fingerprint density at radius 1 is 0.857 bits per heavy atom. The standard InChI is InChI=1S/C33H45N3O6/c37-23-25-10-12-26(13-11-25)30-19-29(22-36-18-4-5-28(36)21-35-16-1-2-17-35)41-33(42-30)27-14-8-24(9-15-27)20-34-31(38)6-3-7-32(39)40/h8-15,28-30,33,37H,1-7,16-23H2,(H,34,38)(H,39,40)/t28-,29-,30+,33+/m0/s1. The number of ether oxygens (including phenoxy) is 2. The largest absolute Gasteiger partial charge is 0.481 e. The molecule has 0 spiro atoms. The maximum atomic E-state index is 12.1. The highest BCUT2D eigenvalue weighted by molar-refractivity contribution is 5.76. The first-order valence-electron chi connectivity index (χ1n) is 15.5. The van der Waals surface area contributed by atoms with Gasteiger partial charge in [-0.1, -0.05) is 48.5 Å². The maximum absolute atomic E-state index is 12.1. The molecule has 3 aliphatic rings. The fourth-order valence-corrected chi connectivity index (χ4v) is 6.38. The van der Waals surface area contributed by atoms with Gasteiger partial charge in [-0.2, -0.15) is 0 Å². The first-order chi connectivity index (χ1) is 20.5. The van der Waals surface area contributed by atoms with Crippen LogP contribution in [0.15, 0.2) is 48.5 Å². The number of aliphatic hydroxyl groups excluding tert-OH is 1. The number of aliphatic hydroxyl groups is 1. The fraction of sp³-hybridized carbons (Fsp3) is 0.576. The Labute approximate surface area is 248 Å². The van der Waals surface area contributed by atoms with Crippen molar-refractivity contribution in [1.29, 1.82) is 0 Å². The van der Waals surface area contributed by atoms with Crippen LogP contribution < -0.4 is 5.32 Å². The minimum Gasteiger partial charge on any atom is -0.481 e. The molecule has 3 fully saturated rings. The third-order valence-electron chi connectivity index (χ3n) is 8.76. The summed E-state index contributed by atoms with van der Waals surface area (Å²) in [6, 6.07) is 16.5. The summed E-state index contributed by atoms with van der Waals surface area (Å²) in [5.74, 6) is -1.04. The number of carboxylic acids is 1. The highest BCUT2D eigenvalue weighted by atomic mass is 16.7. The van der Waals surface area contributed by atoms with E-state index in [1.807, 2.05) is 48.5 Å². The number of nitrogens with zero attached hydrogens (tertiary/aromatic N) is 2. The van der Waals surface area contributed by atoms with Crippen molar-refractivity contribution in [3.63, 3.8) is 0 Å². The van der Waals surface area contributed by atoms with Gasteiger partial charge in [-0.15, -0.1) is 0 Å². The van der Waals surface area contributed by atoms with Crippen molar-refractivity contribution in [1.82, 2.24) is 15.1 Å². The van der Waals surface area contributed by atoms with Crippen LogP contribution in [0.4, 0.5) is 0 Å². The van der Waals surface area contributed by atoms with E-state index in [0.717, 1.165) is 48.3 Å². The van der Waals surface area contributed by atoms with Gasteiger partial charge in [0.15, 0.2) is 6.29 Å². The van der Waals surface area contributed by atoms with Crippen LogP contribution >= 0.6 is 0 Å². The van der Waals surface area contributed by atoms with E-state index in [9.17, 15) is 14.7 Å². The fourth-order valence-electron chi connectivity index (χ4n) is 6.38. The Morgan fingerprint density at radius 2 is 1.57 bits per heavy atom. The second kappa shape index (κ2) is 15.1. The van der Waals surface area contributed by atoms with E-state index < -0.39 is 12.3 Å². The van der Waals surface area contributed by atoms with Gasteiger partial charge in [-0.05, 0) is 68.4 Å². The number of carbonyl (C=O) groups is 2. The van der Waals surface area contributed by atoms with Crippen LogP contribution in [0.5, 0.6) is 0 Å². The van der Waals surface area contributed by atoms with E-state index >= 15 is 0 Å². The van der Waals surface area contributed by atoms with Crippen molar-refractivity contribution >= 4 is 11.9 Å². The lowest BCUT2D eigenvalue weighted by atomic mass is 9.99. The molecule has 2 aromatic carbocycles. The van der Waals surface area contributed by atoms with E-state index in [1.165, 1.54) is 38.8 Å². The number of carboxylic acid groups (broad SMARTS) is 1. The maximum Gasteiger partial charge on any atom is 0.303 e. The molecule has 0 saturated carbocycles. The summed E-state index contributed by atoms with van der Waals surface area (Å²) in [4.78, 5) is 28.0. The van der Waals surface area contributed by atoms with Gasteiger partial charge in [-0.3, -0.25) is 14.5 Å². The number of amides is 1. The van der Waals surface area contributed by atoms with Gasteiger partial charge >= 0.3 is 5.97 Å². The highest BCUT2D eigenvalue weighted by Crippen LogP contribution is 2.39. The van der Waals surface area contributed by atoms with Crippen LogP contribution in [-0.2, 0) is 32.2 Å². The SMILES string of the molecule is O=C(O)CCCC(=O)NCc1ccc([C@@H]2O[C@H](CN3CCC[C@H]3CN3CCCC3)C[C@H](c3ccc(CO)cc3)O2)cc1. The number of rotatable bonds is 13. The first-order valence-corrected chi connectivity index (χ1v) is 15.5. The van der Waals surface area contributed by atoms with Gasteiger partial charge in [-0.25, -0.2) is 0 Å². The summed E-state index contributed by atoms with van der Waals surface area (Å²) < 4.78 is 13.1. The predicted molar refractivity (Wildman–Crippen MR) is 158 cm³/mol. The first kappa shape index (κ1) is 30.6. The Balaban J connectivity index is 1.23. The molecular formula is C33H45N3O6. The molecule has 0 aromatic heterocycles. The number of likely N-dealkylation sites (tertiary alicyclic amines) is 2. The quantitative estimate of drug-likeness (QED) is 0.325. The van der Waals surface area contributed by atoms with Crippen LogP contribution in [0.1, 0.15) is 86.0 Å². The Hall–Kier alpha value is -2.82. The topological polar surface area (TPSA) is 112 Å². The van der Waals surface area contributed by atoms with Crippen molar-refractivity contribution in [2.75, 3.05) is 32.7 Å². The number of benzene rings is 2. The number of aliphatic carboxylic acids is 1. The van der Waals surface area contributed by atoms with E-state index in [1.54, 1.807) is 0 Å². The highest BCUT2D eigenvalue weighted by Gasteiger charge is 2.36. The zero-order valence-electron chi connectivity index (χ0n) is 24.5. The molecule has 3 heterocycles. The number of hydrogen-bond acceptors (Lipinski definition) is 7. The van der Waals surface area contributed by atoms with E-state index in [0.29, 0.717) is 19.0 Å². The zero-order chi connectivity index (χ0) is 29.3. The van der Waals surface area contributed by atoms with E-state index in [2.05, 4.69) is 15.1 Å². The van der Waals surface area contributed by atoms with Gasteiger partial charge in [0.2, 0.25) is 5.91 Å². The van der Waals surface area contributed by atoms with Gasteiger partial charge in [0, 0.05) is 50.5 Å². The van der Waals surface area contributed by atoms with Crippen molar-refractivity contribution in [2.24, 2.45) is 0 Å². The molecule has 0 radical (unpaired) electrons. The predicted octanol–water partition coefficient (Wildman–Crippen LogP) is 4.16. The lowest BCUT2D eigenvalue weighted by Crippen LogP contribution is -2.45. The van der Waals surface area contributed by atoms with Gasteiger partial charge in [0.05, 0.1) is 18.8 Å². The lowest BCUT2D eigenvalue weighted by molar-refractivity contribution is -0.253. The van der Waals surface area contributed by atoms with E-state index in [4.69, 9.17) is 14.6 Å². The number of hydrogen-bond donors (Lipinski definition) is 3. The second-order valence-electron chi connectivity index (χ2n) is 11.9. The molecule has 5 rings (SSSR count). The summed E-state index contributed by atoms with van der Waals surface area (Å²) in [7, 11) is 0. The van der Waals surface area contributed by atoms with Gasteiger partial charge in [0.1, 0.15) is 0 Å². The summed E-state index contributed by atoms with van der Waals surface area (Å²) in [5, 5.41) is 21.1. The molecule has 3 N–H and O–H groups in total. The number of carbonyl (C=O) groups excluding carboxylic acids is 1. The van der Waals surface area contributed by atoms with Crippen LogP contribution in [0, 0.1) is 0 Å². The third kappa shape index (κ3) is 8.61. The molecule has 4 atom stereocenters. The molecular weight excluding hydrogens is 534 g/mol. The molecule has 3 aliphatic heterocycles. The van der Waals surface area contributed by atoms with E-state index in [-0.39, 0.29) is 37.6 Å². The average Bonchev–Trinajstić information content (AvgIpc) is 3.68. The minimum absolute atomic E-state index is 0.00602. The molecule has 42 heavy (non-hydrogen) atoms. The minimum atomic E-state index is -0.889. The smallest absolute Gasteiger partial charge is 0.303 e. The molecule has 9 nitrogen and oxygen atoms in total. The Morgan fingerprint density at radius 3 is 2.29 bits per heavy atom. The molecule has 9 heteroatoms. The summed E-state index contributed by atoms with van der Waals surface area (Å²) in [6.45, 7) is 5.98. The molecule has 0 bridgehead atoms. The molecule has 3 saturated heterocycles. The van der Waals surface area contributed by atoms with Gasteiger partial charge < -0.3 is 29.9 Å². The second-order valence-corrected chi connectivity index (χ2v) is 11.9. The Kier molecular flexibility index (Phi) is 11.0. The normalized spacial score (nSPS) is 25.1. The molecule has 0 aliphatic carbocycles. The van der Waals surface area contributed by atoms with Crippen LogP contribution in [0.3, 0.4) is 0 Å². The van der Waals surface area contributed by atoms with Crippen molar-refractivity contribution in [2.45, 2.75) is 89.1 Å². The van der Waals surface area contributed by atoms with Crippen molar-refractivity contribution < 1.29 is 29.3 Å². The van der Waals surface area contributed by atoms with Crippen molar-refractivity contribution in [3.8, 4) is 0 Å². The van der Waals surface area contributed by atoms with Crippen LogP contribution in [-0.4, -0.2) is 76.8 Å².